The lowest BCUT2D eigenvalue weighted by Crippen LogP contribution is -2.34. The second-order valence-electron chi connectivity index (χ2n) is 3.28. The molecule has 0 unspecified atom stereocenters. The number of amides is 1. The number of carbonyl (C=O) groups excluding carboxylic acids is 1. The minimum atomic E-state index is -0.535. The molecule has 0 atom stereocenters. The van der Waals surface area contributed by atoms with Crippen molar-refractivity contribution in [2.45, 2.75) is 0 Å². The summed E-state index contributed by atoms with van der Waals surface area (Å²) in [6.07, 6.45) is 0. The molecule has 1 amide bonds. The van der Waals surface area contributed by atoms with Gasteiger partial charge in [0.05, 0.1) is 10.6 Å². The highest BCUT2D eigenvalue weighted by Gasteiger charge is 2.13. The lowest BCUT2D eigenvalue weighted by atomic mass is 10.2. The third-order valence-corrected chi connectivity index (χ3v) is 3.11. The van der Waals surface area contributed by atoms with Gasteiger partial charge in [-0.25, -0.2) is 4.39 Å². The maximum absolute atomic E-state index is 12.9. The SMILES string of the molecule is O=C(NC(=S)Nc1nncs1)c1ccc(F)cc1Cl. The van der Waals surface area contributed by atoms with Crippen LogP contribution in [0, 0.1) is 5.82 Å². The average molecular weight is 317 g/mol. The first-order chi connectivity index (χ1) is 9.06. The molecule has 0 saturated carbocycles. The van der Waals surface area contributed by atoms with Crippen molar-refractivity contribution >= 4 is 51.3 Å². The van der Waals surface area contributed by atoms with Crippen LogP contribution in [0.1, 0.15) is 10.4 Å². The Morgan fingerprint density at radius 3 is 2.89 bits per heavy atom. The first kappa shape index (κ1) is 13.8. The van der Waals surface area contributed by atoms with Crippen molar-refractivity contribution in [1.29, 1.82) is 0 Å². The lowest BCUT2D eigenvalue weighted by molar-refractivity contribution is 0.0978. The summed E-state index contributed by atoms with van der Waals surface area (Å²) in [5.74, 6) is -1.05. The number of anilines is 1. The van der Waals surface area contributed by atoms with Crippen molar-refractivity contribution in [3.63, 3.8) is 0 Å². The van der Waals surface area contributed by atoms with Crippen LogP contribution in [-0.4, -0.2) is 21.2 Å². The number of hydrogen-bond acceptors (Lipinski definition) is 5. The van der Waals surface area contributed by atoms with E-state index in [0.29, 0.717) is 5.13 Å². The van der Waals surface area contributed by atoms with E-state index in [1.54, 1.807) is 0 Å². The Bertz CT molecular complexity index is 620. The van der Waals surface area contributed by atoms with Crippen molar-refractivity contribution in [1.82, 2.24) is 15.5 Å². The van der Waals surface area contributed by atoms with E-state index in [1.165, 1.54) is 22.9 Å². The number of benzene rings is 1. The minimum absolute atomic E-state index is 0.0104. The van der Waals surface area contributed by atoms with E-state index >= 15 is 0 Å². The number of carbonyl (C=O) groups is 1. The number of hydrogen-bond donors (Lipinski definition) is 2. The van der Waals surface area contributed by atoms with Gasteiger partial charge >= 0.3 is 0 Å². The Morgan fingerprint density at radius 2 is 2.26 bits per heavy atom. The predicted octanol–water partition coefficient (Wildman–Crippen LogP) is 2.46. The first-order valence-electron chi connectivity index (χ1n) is 4.90. The van der Waals surface area contributed by atoms with Gasteiger partial charge in [0.25, 0.3) is 5.91 Å². The second-order valence-corrected chi connectivity index (χ2v) is 4.92. The van der Waals surface area contributed by atoms with Gasteiger partial charge in [-0.15, -0.1) is 10.2 Å². The Hall–Kier alpha value is -1.64. The summed E-state index contributed by atoms with van der Waals surface area (Å²) >= 11 is 11.9. The Labute approximate surface area is 121 Å². The summed E-state index contributed by atoms with van der Waals surface area (Å²) in [5, 5.41) is 12.9. The van der Waals surface area contributed by atoms with Crippen LogP contribution in [0.15, 0.2) is 23.7 Å². The number of thiocarbonyl (C=S) groups is 1. The topological polar surface area (TPSA) is 66.9 Å². The zero-order valence-corrected chi connectivity index (χ0v) is 11.6. The highest BCUT2D eigenvalue weighted by molar-refractivity contribution is 7.80. The predicted molar refractivity (Wildman–Crippen MR) is 75.0 cm³/mol. The fraction of sp³-hybridized carbons (Fsp3) is 0. The number of aromatic nitrogens is 2. The zero-order valence-electron chi connectivity index (χ0n) is 9.18. The van der Waals surface area contributed by atoms with Crippen LogP contribution in [0.2, 0.25) is 5.02 Å². The van der Waals surface area contributed by atoms with Crippen LogP contribution in [-0.2, 0) is 0 Å². The molecule has 0 aliphatic heterocycles. The molecule has 9 heteroatoms. The Morgan fingerprint density at radius 1 is 1.47 bits per heavy atom. The van der Waals surface area contributed by atoms with E-state index < -0.39 is 11.7 Å². The monoisotopic (exact) mass is 316 g/mol. The molecule has 0 spiro atoms. The van der Waals surface area contributed by atoms with Crippen LogP contribution < -0.4 is 10.6 Å². The molecule has 2 rings (SSSR count). The van der Waals surface area contributed by atoms with E-state index in [2.05, 4.69) is 20.8 Å². The molecule has 0 fully saturated rings. The van der Waals surface area contributed by atoms with Crippen LogP contribution in [0.4, 0.5) is 9.52 Å². The van der Waals surface area contributed by atoms with Crippen LogP contribution >= 0.6 is 35.2 Å². The molecule has 0 radical (unpaired) electrons. The Kier molecular flexibility index (Phi) is 4.35. The summed E-state index contributed by atoms with van der Waals surface area (Å²) in [7, 11) is 0. The quantitative estimate of drug-likeness (QED) is 0.833. The molecule has 2 N–H and O–H groups in total. The van der Waals surface area contributed by atoms with Crippen molar-refractivity contribution in [3.05, 3.63) is 40.1 Å². The summed E-state index contributed by atoms with van der Waals surface area (Å²) in [5.41, 5.74) is 1.65. The van der Waals surface area contributed by atoms with Gasteiger partial charge in [0.1, 0.15) is 11.3 Å². The van der Waals surface area contributed by atoms with Gasteiger partial charge in [-0.1, -0.05) is 22.9 Å². The van der Waals surface area contributed by atoms with Gasteiger partial charge in [-0.3, -0.25) is 10.1 Å². The van der Waals surface area contributed by atoms with Crippen molar-refractivity contribution in [2.75, 3.05) is 5.32 Å². The van der Waals surface area contributed by atoms with Gasteiger partial charge in [0, 0.05) is 0 Å². The zero-order chi connectivity index (χ0) is 13.8. The van der Waals surface area contributed by atoms with Gasteiger partial charge < -0.3 is 5.32 Å². The fourth-order valence-electron chi connectivity index (χ4n) is 1.20. The molecule has 0 aliphatic rings. The minimum Gasteiger partial charge on any atom is -0.307 e. The highest BCUT2D eigenvalue weighted by Crippen LogP contribution is 2.17. The van der Waals surface area contributed by atoms with E-state index in [-0.39, 0.29) is 15.7 Å². The van der Waals surface area contributed by atoms with Gasteiger partial charge in [0.2, 0.25) is 5.13 Å². The number of nitrogens with one attached hydrogen (secondary N) is 2. The maximum Gasteiger partial charge on any atom is 0.258 e. The lowest BCUT2D eigenvalue weighted by Gasteiger charge is -2.07. The van der Waals surface area contributed by atoms with Crippen molar-refractivity contribution in [3.8, 4) is 0 Å². The number of nitrogens with zero attached hydrogens (tertiary/aromatic N) is 2. The molecule has 2 aromatic rings. The summed E-state index contributed by atoms with van der Waals surface area (Å²) in [6, 6.07) is 3.47. The summed E-state index contributed by atoms with van der Waals surface area (Å²) < 4.78 is 12.9. The third kappa shape index (κ3) is 3.66. The standard InChI is InChI=1S/C10H6ClFN4OS2/c11-7-3-5(12)1-2-6(7)8(17)14-9(18)15-10-16-13-4-19-10/h1-4H,(H2,14,15,16,17,18). The third-order valence-electron chi connectivity index (χ3n) is 1.98. The molecular formula is C10H6ClFN4OS2. The molecule has 0 bridgehead atoms. The van der Waals surface area contributed by atoms with Gasteiger partial charge in [-0.2, -0.15) is 0 Å². The number of rotatable bonds is 2. The molecule has 1 aromatic heterocycles. The molecule has 0 aliphatic carbocycles. The molecule has 1 aromatic carbocycles. The molecule has 0 saturated heterocycles. The van der Waals surface area contributed by atoms with E-state index in [4.69, 9.17) is 23.8 Å². The number of halogens is 2. The fourth-order valence-corrected chi connectivity index (χ4v) is 2.16. The summed E-state index contributed by atoms with van der Waals surface area (Å²) in [4.78, 5) is 11.8. The van der Waals surface area contributed by atoms with Crippen molar-refractivity contribution in [2.24, 2.45) is 0 Å². The molecule has 98 valence electrons. The maximum atomic E-state index is 12.9. The molecule has 19 heavy (non-hydrogen) atoms. The largest absolute Gasteiger partial charge is 0.307 e. The summed E-state index contributed by atoms with van der Waals surface area (Å²) in [6.45, 7) is 0. The highest BCUT2D eigenvalue weighted by atomic mass is 35.5. The van der Waals surface area contributed by atoms with Crippen molar-refractivity contribution < 1.29 is 9.18 Å². The van der Waals surface area contributed by atoms with E-state index in [9.17, 15) is 9.18 Å². The smallest absolute Gasteiger partial charge is 0.258 e. The van der Waals surface area contributed by atoms with Crippen LogP contribution in [0.3, 0.4) is 0 Å². The van der Waals surface area contributed by atoms with Gasteiger partial charge in [0.15, 0.2) is 5.11 Å². The normalized spacial score (nSPS) is 10.0. The molecule has 1 heterocycles. The van der Waals surface area contributed by atoms with Crippen LogP contribution in [0.25, 0.3) is 0 Å². The first-order valence-corrected chi connectivity index (χ1v) is 6.56. The average Bonchev–Trinajstić information content (AvgIpc) is 2.81. The Balaban J connectivity index is 2.02. The molecular weight excluding hydrogens is 311 g/mol. The van der Waals surface area contributed by atoms with E-state index in [1.807, 2.05) is 0 Å². The van der Waals surface area contributed by atoms with Gasteiger partial charge in [-0.05, 0) is 30.4 Å². The van der Waals surface area contributed by atoms with E-state index in [0.717, 1.165) is 12.1 Å². The molecule has 5 nitrogen and oxygen atoms in total. The van der Waals surface area contributed by atoms with Crippen LogP contribution in [0.5, 0.6) is 0 Å². The second kappa shape index (κ2) is 6.00.